The number of anilines is 2. The molecular formula is C22H22N4O3. The number of carbonyl (C=O) groups is 2. The lowest BCUT2D eigenvalue weighted by Gasteiger charge is -2.09. The Morgan fingerprint density at radius 2 is 1.83 bits per heavy atom. The van der Waals surface area contributed by atoms with Crippen molar-refractivity contribution >= 4 is 23.4 Å². The fourth-order valence-corrected chi connectivity index (χ4v) is 2.70. The van der Waals surface area contributed by atoms with E-state index in [0.29, 0.717) is 24.5 Å². The average molecular weight is 390 g/mol. The molecule has 3 rings (SSSR count). The average Bonchev–Trinajstić information content (AvgIpc) is 2.73. The molecule has 0 saturated carbocycles. The summed E-state index contributed by atoms with van der Waals surface area (Å²) >= 11 is 0. The zero-order valence-electron chi connectivity index (χ0n) is 16.3. The molecule has 0 radical (unpaired) electrons. The number of hydrogen-bond donors (Lipinski definition) is 2. The summed E-state index contributed by atoms with van der Waals surface area (Å²) in [5, 5.41) is 5.95. The van der Waals surface area contributed by atoms with E-state index in [1.165, 1.54) is 6.33 Å². The van der Waals surface area contributed by atoms with Gasteiger partial charge in [-0.05, 0) is 43.7 Å². The molecule has 0 fully saturated rings. The van der Waals surface area contributed by atoms with Gasteiger partial charge in [0.1, 0.15) is 17.8 Å². The Hall–Kier alpha value is -3.74. The van der Waals surface area contributed by atoms with E-state index in [1.54, 1.807) is 37.3 Å². The Balaban J connectivity index is 1.63. The van der Waals surface area contributed by atoms with E-state index >= 15 is 0 Å². The highest BCUT2D eigenvalue weighted by atomic mass is 16.5. The smallest absolute Gasteiger partial charge is 0.338 e. The normalized spacial score (nSPS) is 10.3. The van der Waals surface area contributed by atoms with Crippen LogP contribution in [0, 0.1) is 6.92 Å². The molecule has 0 unspecified atom stereocenters. The van der Waals surface area contributed by atoms with Gasteiger partial charge >= 0.3 is 5.97 Å². The first-order valence-corrected chi connectivity index (χ1v) is 9.25. The molecule has 0 atom stereocenters. The zero-order chi connectivity index (χ0) is 20.6. The molecule has 1 heterocycles. The maximum Gasteiger partial charge on any atom is 0.338 e. The van der Waals surface area contributed by atoms with E-state index in [1.807, 2.05) is 31.2 Å². The van der Waals surface area contributed by atoms with Crippen LogP contribution >= 0.6 is 0 Å². The maximum absolute atomic E-state index is 12.4. The molecule has 3 aromatic rings. The molecule has 148 valence electrons. The molecule has 29 heavy (non-hydrogen) atoms. The van der Waals surface area contributed by atoms with Crippen LogP contribution in [-0.4, -0.2) is 28.5 Å². The summed E-state index contributed by atoms with van der Waals surface area (Å²) in [4.78, 5) is 32.3. The quantitative estimate of drug-likeness (QED) is 0.599. The van der Waals surface area contributed by atoms with Gasteiger partial charge in [-0.25, -0.2) is 14.8 Å². The first-order valence-electron chi connectivity index (χ1n) is 9.25. The van der Waals surface area contributed by atoms with Crippen LogP contribution < -0.4 is 10.6 Å². The summed E-state index contributed by atoms with van der Waals surface area (Å²) in [5.41, 5.74) is 3.61. The molecule has 1 amide bonds. The van der Waals surface area contributed by atoms with Crippen molar-refractivity contribution in [3.8, 4) is 0 Å². The third kappa shape index (κ3) is 5.62. The van der Waals surface area contributed by atoms with Gasteiger partial charge < -0.3 is 15.4 Å². The molecule has 7 heteroatoms. The maximum atomic E-state index is 12.4. The van der Waals surface area contributed by atoms with Crippen molar-refractivity contribution in [3.63, 3.8) is 0 Å². The summed E-state index contributed by atoms with van der Waals surface area (Å²) in [7, 11) is 0. The second-order valence-electron chi connectivity index (χ2n) is 6.38. The second-order valence-corrected chi connectivity index (χ2v) is 6.38. The monoisotopic (exact) mass is 390 g/mol. The predicted octanol–water partition coefficient (Wildman–Crippen LogP) is 3.64. The third-order valence-corrected chi connectivity index (χ3v) is 4.10. The Labute approximate surface area is 169 Å². The Kier molecular flexibility index (Phi) is 6.52. The highest BCUT2D eigenvalue weighted by Gasteiger charge is 2.10. The summed E-state index contributed by atoms with van der Waals surface area (Å²) in [6.45, 7) is 4.52. The van der Waals surface area contributed by atoms with Crippen LogP contribution in [0.15, 0.2) is 60.9 Å². The van der Waals surface area contributed by atoms with Gasteiger partial charge in [-0.3, -0.25) is 4.79 Å². The SMILES string of the molecule is CCOC(=O)c1ccc(Nc2cc(C(=O)NCc3cccc(C)c3)ncn2)cc1. The summed E-state index contributed by atoms with van der Waals surface area (Å²) in [6, 6.07) is 16.3. The van der Waals surface area contributed by atoms with Crippen LogP contribution in [0.5, 0.6) is 0 Å². The number of rotatable bonds is 7. The number of nitrogens with zero attached hydrogens (tertiary/aromatic N) is 2. The number of amides is 1. The van der Waals surface area contributed by atoms with E-state index in [2.05, 4.69) is 20.6 Å². The van der Waals surface area contributed by atoms with Crippen molar-refractivity contribution in [1.82, 2.24) is 15.3 Å². The van der Waals surface area contributed by atoms with Crippen molar-refractivity contribution in [2.24, 2.45) is 0 Å². The van der Waals surface area contributed by atoms with Crippen molar-refractivity contribution in [2.75, 3.05) is 11.9 Å². The fourth-order valence-electron chi connectivity index (χ4n) is 2.70. The summed E-state index contributed by atoms with van der Waals surface area (Å²) in [6.07, 6.45) is 1.33. The summed E-state index contributed by atoms with van der Waals surface area (Å²) in [5.74, 6) is -0.173. The highest BCUT2D eigenvalue weighted by Crippen LogP contribution is 2.16. The molecule has 0 spiro atoms. The number of hydrogen-bond acceptors (Lipinski definition) is 6. The Bertz CT molecular complexity index is 1000. The number of aryl methyl sites for hydroxylation is 1. The summed E-state index contributed by atoms with van der Waals surface area (Å²) < 4.78 is 4.97. The third-order valence-electron chi connectivity index (χ3n) is 4.10. The number of esters is 1. The molecule has 1 aromatic heterocycles. The van der Waals surface area contributed by atoms with Gasteiger partial charge in [0.2, 0.25) is 0 Å². The molecule has 0 aliphatic heterocycles. The van der Waals surface area contributed by atoms with Gasteiger partial charge in [-0.1, -0.05) is 29.8 Å². The largest absolute Gasteiger partial charge is 0.462 e. The molecular weight excluding hydrogens is 368 g/mol. The van der Waals surface area contributed by atoms with Gasteiger partial charge in [0.05, 0.1) is 12.2 Å². The number of nitrogens with one attached hydrogen (secondary N) is 2. The first-order chi connectivity index (χ1) is 14.0. The lowest BCUT2D eigenvalue weighted by Crippen LogP contribution is -2.24. The molecule has 2 N–H and O–H groups in total. The molecule has 2 aromatic carbocycles. The number of carbonyl (C=O) groups excluding carboxylic acids is 2. The van der Waals surface area contributed by atoms with Gasteiger partial charge in [0.15, 0.2) is 0 Å². The minimum absolute atomic E-state index is 0.262. The number of benzene rings is 2. The number of ether oxygens (including phenoxy) is 1. The molecule has 7 nitrogen and oxygen atoms in total. The van der Waals surface area contributed by atoms with Gasteiger partial charge in [0, 0.05) is 18.3 Å². The zero-order valence-corrected chi connectivity index (χ0v) is 16.3. The molecule has 0 aliphatic rings. The van der Waals surface area contributed by atoms with Gasteiger partial charge in [-0.15, -0.1) is 0 Å². The van der Waals surface area contributed by atoms with Gasteiger partial charge in [0.25, 0.3) is 5.91 Å². The van der Waals surface area contributed by atoms with Crippen LogP contribution in [-0.2, 0) is 11.3 Å². The highest BCUT2D eigenvalue weighted by molar-refractivity contribution is 5.93. The number of aromatic nitrogens is 2. The standard InChI is InChI=1S/C22H22N4O3/c1-3-29-22(28)17-7-9-18(10-8-17)26-20-12-19(24-14-25-20)21(27)23-13-16-6-4-5-15(2)11-16/h4-12,14H,3,13H2,1-2H3,(H,23,27)(H,24,25,26). The molecule has 0 saturated heterocycles. The minimum Gasteiger partial charge on any atom is -0.462 e. The van der Waals surface area contributed by atoms with Crippen LogP contribution in [0.4, 0.5) is 11.5 Å². The van der Waals surface area contributed by atoms with Crippen molar-refractivity contribution in [2.45, 2.75) is 20.4 Å². The predicted molar refractivity (Wildman–Crippen MR) is 110 cm³/mol. The van der Waals surface area contributed by atoms with E-state index in [9.17, 15) is 9.59 Å². The van der Waals surface area contributed by atoms with Crippen LogP contribution in [0.2, 0.25) is 0 Å². The van der Waals surface area contributed by atoms with Crippen LogP contribution in [0.3, 0.4) is 0 Å². The molecule has 0 bridgehead atoms. The van der Waals surface area contributed by atoms with E-state index in [-0.39, 0.29) is 17.6 Å². The lowest BCUT2D eigenvalue weighted by atomic mass is 10.1. The lowest BCUT2D eigenvalue weighted by molar-refractivity contribution is 0.0526. The van der Waals surface area contributed by atoms with E-state index in [0.717, 1.165) is 16.8 Å². The van der Waals surface area contributed by atoms with Crippen molar-refractivity contribution < 1.29 is 14.3 Å². The second kappa shape index (κ2) is 9.45. The van der Waals surface area contributed by atoms with E-state index in [4.69, 9.17) is 4.74 Å². The van der Waals surface area contributed by atoms with Gasteiger partial charge in [-0.2, -0.15) is 0 Å². The van der Waals surface area contributed by atoms with Crippen molar-refractivity contribution in [1.29, 1.82) is 0 Å². The Morgan fingerprint density at radius 1 is 1.03 bits per heavy atom. The first kappa shape index (κ1) is 20.0. The fraction of sp³-hybridized carbons (Fsp3) is 0.182. The molecule has 0 aliphatic carbocycles. The topological polar surface area (TPSA) is 93.2 Å². The van der Waals surface area contributed by atoms with E-state index < -0.39 is 0 Å². The van der Waals surface area contributed by atoms with Crippen LogP contribution in [0.1, 0.15) is 38.9 Å². The minimum atomic E-state index is -0.367. The Morgan fingerprint density at radius 3 is 2.55 bits per heavy atom. The van der Waals surface area contributed by atoms with Crippen LogP contribution in [0.25, 0.3) is 0 Å². The van der Waals surface area contributed by atoms with Crippen molar-refractivity contribution in [3.05, 3.63) is 83.3 Å².